The Morgan fingerprint density at radius 3 is 2.26 bits per heavy atom. The van der Waals surface area contributed by atoms with Crippen LogP contribution in [-0.2, 0) is 6.42 Å². The number of halogens is 1. The van der Waals surface area contributed by atoms with Crippen LogP contribution in [0.4, 0.5) is 0 Å². The molecule has 0 saturated heterocycles. The highest BCUT2D eigenvalue weighted by Crippen LogP contribution is 2.32. The molecular formula is C17H20BrN. The van der Waals surface area contributed by atoms with E-state index in [-0.39, 0.29) is 0 Å². The molecule has 1 aromatic carbocycles. The van der Waals surface area contributed by atoms with E-state index < -0.39 is 0 Å². The van der Waals surface area contributed by atoms with Crippen LogP contribution in [0.25, 0.3) is 0 Å². The fourth-order valence-corrected chi connectivity index (χ4v) is 3.72. The zero-order valence-corrected chi connectivity index (χ0v) is 13.6. The number of rotatable bonds is 3. The van der Waals surface area contributed by atoms with Crippen molar-refractivity contribution in [1.82, 2.24) is 4.98 Å². The predicted octanol–water partition coefficient (Wildman–Crippen LogP) is 4.99. The number of hydrogen-bond donors (Lipinski definition) is 0. The molecule has 0 bridgehead atoms. The zero-order valence-electron chi connectivity index (χ0n) is 12.0. The average molecular weight is 318 g/mol. The van der Waals surface area contributed by atoms with Gasteiger partial charge in [-0.1, -0.05) is 39.7 Å². The summed E-state index contributed by atoms with van der Waals surface area (Å²) in [5.74, 6) is 0. The zero-order chi connectivity index (χ0) is 14.0. The van der Waals surface area contributed by atoms with Crippen molar-refractivity contribution in [2.24, 2.45) is 0 Å². The summed E-state index contributed by atoms with van der Waals surface area (Å²) in [6.07, 6.45) is 2.80. The molecule has 2 heteroatoms. The highest BCUT2D eigenvalue weighted by molar-refractivity contribution is 9.09. The second kappa shape index (κ2) is 5.87. The standard InChI is InChI=1S/C17H20BrN/c1-11-8-13(3)17(14(4)9-11)15(18)10-16-12(2)6-5-7-19-16/h5-9,15H,10H2,1-4H3. The van der Waals surface area contributed by atoms with Crippen LogP contribution in [0, 0.1) is 27.7 Å². The minimum Gasteiger partial charge on any atom is -0.261 e. The maximum Gasteiger partial charge on any atom is 0.0456 e. The Hall–Kier alpha value is -1.15. The SMILES string of the molecule is Cc1cc(C)c(C(Br)Cc2ncccc2C)c(C)c1. The number of nitrogens with zero attached hydrogens (tertiary/aromatic N) is 1. The van der Waals surface area contributed by atoms with Gasteiger partial charge in [-0.15, -0.1) is 0 Å². The molecule has 0 N–H and O–H groups in total. The van der Waals surface area contributed by atoms with Gasteiger partial charge in [0.2, 0.25) is 0 Å². The Morgan fingerprint density at radius 2 is 1.68 bits per heavy atom. The summed E-state index contributed by atoms with van der Waals surface area (Å²) in [5.41, 5.74) is 7.86. The van der Waals surface area contributed by atoms with E-state index in [1.54, 1.807) is 0 Å². The van der Waals surface area contributed by atoms with E-state index in [9.17, 15) is 0 Å². The first-order valence-electron chi connectivity index (χ1n) is 6.61. The summed E-state index contributed by atoms with van der Waals surface area (Å²) in [5, 5.41) is 0. The minimum atomic E-state index is 0.321. The van der Waals surface area contributed by atoms with Crippen molar-refractivity contribution >= 4 is 15.9 Å². The lowest BCUT2D eigenvalue weighted by molar-refractivity contribution is 0.877. The van der Waals surface area contributed by atoms with Crippen LogP contribution in [0.5, 0.6) is 0 Å². The lowest BCUT2D eigenvalue weighted by atomic mass is 9.95. The van der Waals surface area contributed by atoms with Gasteiger partial charge in [0.05, 0.1) is 0 Å². The van der Waals surface area contributed by atoms with Crippen molar-refractivity contribution in [3.63, 3.8) is 0 Å². The third-order valence-electron chi connectivity index (χ3n) is 3.54. The Kier molecular flexibility index (Phi) is 4.41. The van der Waals surface area contributed by atoms with E-state index in [1.807, 2.05) is 12.3 Å². The molecule has 1 heterocycles. The molecule has 0 aliphatic carbocycles. The Balaban J connectivity index is 2.31. The van der Waals surface area contributed by atoms with E-state index in [0.717, 1.165) is 6.42 Å². The third-order valence-corrected chi connectivity index (χ3v) is 4.32. The van der Waals surface area contributed by atoms with Crippen LogP contribution < -0.4 is 0 Å². The highest BCUT2D eigenvalue weighted by atomic mass is 79.9. The van der Waals surface area contributed by atoms with E-state index in [4.69, 9.17) is 0 Å². The van der Waals surface area contributed by atoms with Gasteiger partial charge in [0.1, 0.15) is 0 Å². The van der Waals surface area contributed by atoms with E-state index in [2.05, 4.69) is 66.8 Å². The Morgan fingerprint density at radius 1 is 1.05 bits per heavy atom. The number of hydrogen-bond acceptors (Lipinski definition) is 1. The van der Waals surface area contributed by atoms with Crippen LogP contribution >= 0.6 is 15.9 Å². The molecule has 100 valence electrons. The second-order valence-electron chi connectivity index (χ2n) is 5.25. The van der Waals surface area contributed by atoms with Crippen LogP contribution in [0.2, 0.25) is 0 Å². The Labute approximate surface area is 124 Å². The number of aromatic nitrogens is 1. The summed E-state index contributed by atoms with van der Waals surface area (Å²) < 4.78 is 0. The average Bonchev–Trinajstić information content (AvgIpc) is 2.30. The second-order valence-corrected chi connectivity index (χ2v) is 6.36. The van der Waals surface area contributed by atoms with Gasteiger partial charge in [-0.05, 0) is 56.0 Å². The smallest absolute Gasteiger partial charge is 0.0456 e. The molecule has 2 aromatic rings. The van der Waals surface area contributed by atoms with Crippen molar-refractivity contribution < 1.29 is 0 Å². The molecule has 0 aliphatic heterocycles. The molecule has 0 aliphatic rings. The maximum atomic E-state index is 4.49. The van der Waals surface area contributed by atoms with Crippen molar-refractivity contribution in [3.8, 4) is 0 Å². The van der Waals surface area contributed by atoms with Gasteiger partial charge in [0, 0.05) is 23.1 Å². The molecular weight excluding hydrogens is 298 g/mol. The van der Waals surface area contributed by atoms with Crippen LogP contribution in [-0.4, -0.2) is 4.98 Å². The quantitative estimate of drug-likeness (QED) is 0.726. The number of pyridine rings is 1. The number of alkyl halides is 1. The summed E-state index contributed by atoms with van der Waals surface area (Å²) >= 11 is 3.84. The van der Waals surface area contributed by atoms with Crippen LogP contribution in [0.3, 0.4) is 0 Å². The summed E-state index contributed by atoms with van der Waals surface area (Å²) in [4.78, 5) is 4.81. The van der Waals surface area contributed by atoms with Gasteiger partial charge in [-0.2, -0.15) is 0 Å². The predicted molar refractivity (Wildman–Crippen MR) is 85.0 cm³/mol. The van der Waals surface area contributed by atoms with E-state index >= 15 is 0 Å². The maximum absolute atomic E-state index is 4.49. The van der Waals surface area contributed by atoms with Gasteiger partial charge in [-0.25, -0.2) is 0 Å². The molecule has 1 unspecified atom stereocenters. The molecule has 0 amide bonds. The van der Waals surface area contributed by atoms with Gasteiger partial charge < -0.3 is 0 Å². The molecule has 1 nitrogen and oxygen atoms in total. The summed E-state index contributed by atoms with van der Waals surface area (Å²) in [6, 6.07) is 8.62. The molecule has 19 heavy (non-hydrogen) atoms. The normalized spacial score (nSPS) is 12.5. The molecule has 0 fully saturated rings. The van der Waals surface area contributed by atoms with Crippen molar-refractivity contribution in [3.05, 3.63) is 64.0 Å². The van der Waals surface area contributed by atoms with Crippen molar-refractivity contribution in [2.75, 3.05) is 0 Å². The first-order valence-corrected chi connectivity index (χ1v) is 7.53. The van der Waals surface area contributed by atoms with Crippen LogP contribution in [0.1, 0.15) is 38.3 Å². The lowest BCUT2D eigenvalue weighted by Crippen LogP contribution is -2.04. The number of aryl methyl sites for hydroxylation is 4. The molecule has 1 aromatic heterocycles. The molecule has 0 spiro atoms. The first kappa shape index (κ1) is 14.3. The highest BCUT2D eigenvalue weighted by Gasteiger charge is 2.15. The van der Waals surface area contributed by atoms with Gasteiger partial charge in [0.25, 0.3) is 0 Å². The van der Waals surface area contributed by atoms with Gasteiger partial charge >= 0.3 is 0 Å². The minimum absolute atomic E-state index is 0.321. The first-order chi connectivity index (χ1) is 8.99. The molecule has 0 saturated carbocycles. The van der Waals surface area contributed by atoms with Crippen molar-refractivity contribution in [1.29, 1.82) is 0 Å². The van der Waals surface area contributed by atoms with Crippen molar-refractivity contribution in [2.45, 2.75) is 38.9 Å². The fraction of sp³-hybridized carbons (Fsp3) is 0.353. The third kappa shape index (κ3) is 3.24. The summed E-state index contributed by atoms with van der Waals surface area (Å²) in [7, 11) is 0. The topological polar surface area (TPSA) is 12.9 Å². The monoisotopic (exact) mass is 317 g/mol. The van der Waals surface area contributed by atoms with E-state index in [1.165, 1.54) is 33.5 Å². The van der Waals surface area contributed by atoms with Gasteiger partial charge in [-0.3, -0.25) is 4.98 Å². The van der Waals surface area contributed by atoms with Gasteiger partial charge in [0.15, 0.2) is 0 Å². The molecule has 1 atom stereocenters. The fourth-order valence-electron chi connectivity index (χ4n) is 2.69. The largest absolute Gasteiger partial charge is 0.261 e. The molecule has 2 rings (SSSR count). The molecule has 0 radical (unpaired) electrons. The number of benzene rings is 1. The lowest BCUT2D eigenvalue weighted by Gasteiger charge is -2.17. The van der Waals surface area contributed by atoms with E-state index in [0.29, 0.717) is 4.83 Å². The van der Waals surface area contributed by atoms with Crippen LogP contribution in [0.15, 0.2) is 30.5 Å². The summed E-state index contributed by atoms with van der Waals surface area (Å²) in [6.45, 7) is 8.65. The Bertz CT molecular complexity index is 567.